The largest absolute Gasteiger partial charge is 0.473 e. The van der Waals surface area contributed by atoms with E-state index < -0.39 is 0 Å². The number of thiophene rings is 1. The van der Waals surface area contributed by atoms with Crippen LogP contribution in [0.15, 0.2) is 72.1 Å². The molecule has 4 aromatic rings. The molecule has 2 aromatic carbocycles. The molecule has 0 unspecified atom stereocenters. The molecule has 0 aliphatic heterocycles. The van der Waals surface area contributed by atoms with Gasteiger partial charge in [0, 0.05) is 11.5 Å². The van der Waals surface area contributed by atoms with Crippen LogP contribution in [0.4, 0.5) is 0 Å². The molecule has 2 heterocycles. The van der Waals surface area contributed by atoms with Crippen molar-refractivity contribution in [1.82, 2.24) is 9.97 Å². The molecule has 0 N–H and O–H groups in total. The van der Waals surface area contributed by atoms with Gasteiger partial charge in [-0.15, -0.1) is 11.3 Å². The molecule has 7 heteroatoms. The molecule has 0 spiro atoms. The third-order valence-electron chi connectivity index (χ3n) is 6.28. The smallest absolute Gasteiger partial charge is 0.308 e. The van der Waals surface area contributed by atoms with Gasteiger partial charge in [0.2, 0.25) is 5.88 Å². The van der Waals surface area contributed by atoms with Gasteiger partial charge in [-0.1, -0.05) is 76.2 Å². The third kappa shape index (κ3) is 10.1. The summed E-state index contributed by atoms with van der Waals surface area (Å²) in [6.07, 6.45) is 4.88. The van der Waals surface area contributed by atoms with Crippen molar-refractivity contribution in [3.8, 4) is 16.5 Å². The van der Waals surface area contributed by atoms with Crippen molar-refractivity contribution in [2.75, 3.05) is 0 Å². The first-order valence-corrected chi connectivity index (χ1v) is 15.3. The van der Waals surface area contributed by atoms with E-state index in [0.717, 1.165) is 40.0 Å². The Morgan fingerprint density at radius 1 is 0.780 bits per heavy atom. The summed E-state index contributed by atoms with van der Waals surface area (Å²) in [5.41, 5.74) is 3.38. The maximum Gasteiger partial charge on any atom is 0.308 e. The van der Waals surface area contributed by atoms with E-state index in [1.165, 1.54) is 12.8 Å². The number of esters is 1. The van der Waals surface area contributed by atoms with E-state index in [-0.39, 0.29) is 35.8 Å². The zero-order valence-electron chi connectivity index (χ0n) is 25.0. The van der Waals surface area contributed by atoms with Gasteiger partial charge in [0.25, 0.3) is 0 Å². The first-order valence-electron chi connectivity index (χ1n) is 14.4. The topological polar surface area (TPSA) is 78.4 Å². The van der Waals surface area contributed by atoms with Gasteiger partial charge in [-0.05, 0) is 63.1 Å². The van der Waals surface area contributed by atoms with Crippen LogP contribution in [0.5, 0.6) is 5.88 Å². The molecule has 41 heavy (non-hydrogen) atoms. The number of fused-ring (bicyclic) bond motifs is 1. The molecule has 218 valence electrons. The highest BCUT2D eigenvalue weighted by atomic mass is 32.1. The lowest BCUT2D eigenvalue weighted by atomic mass is 10.0. The summed E-state index contributed by atoms with van der Waals surface area (Å²) in [6.45, 7) is 11.6. The minimum atomic E-state index is -0.0445. The van der Waals surface area contributed by atoms with Gasteiger partial charge in [-0.25, -0.2) is 9.97 Å². The SMILES string of the molecule is CC(C)C(=O)OC1CCCC1.CC(C)C(=O)c1ccccc1.CC(C)Oc1nc2ccccc2nc1-c1cccs1. The van der Waals surface area contributed by atoms with E-state index in [4.69, 9.17) is 14.5 Å². The first-order chi connectivity index (χ1) is 19.7. The van der Waals surface area contributed by atoms with Gasteiger partial charge in [0.1, 0.15) is 11.8 Å². The zero-order chi connectivity index (χ0) is 29.8. The van der Waals surface area contributed by atoms with Crippen LogP contribution < -0.4 is 4.74 Å². The molecule has 1 saturated carbocycles. The minimum Gasteiger partial charge on any atom is -0.473 e. The van der Waals surface area contributed by atoms with Crippen molar-refractivity contribution in [1.29, 1.82) is 0 Å². The van der Waals surface area contributed by atoms with E-state index >= 15 is 0 Å². The van der Waals surface area contributed by atoms with Crippen molar-refractivity contribution in [3.05, 3.63) is 77.7 Å². The molecular formula is C34H42N2O4S. The Labute approximate surface area is 248 Å². The van der Waals surface area contributed by atoms with Crippen LogP contribution >= 0.6 is 11.3 Å². The molecule has 0 bridgehead atoms. The van der Waals surface area contributed by atoms with Crippen LogP contribution in [-0.4, -0.2) is 33.9 Å². The van der Waals surface area contributed by atoms with Crippen molar-refractivity contribution in [2.24, 2.45) is 11.8 Å². The molecule has 0 atom stereocenters. The predicted octanol–water partition coefficient (Wildman–Crippen LogP) is 8.80. The molecule has 5 rings (SSSR count). The third-order valence-corrected chi connectivity index (χ3v) is 7.16. The summed E-state index contributed by atoms with van der Waals surface area (Å²) in [5.74, 6) is 0.895. The number of rotatable bonds is 7. The van der Waals surface area contributed by atoms with Gasteiger partial charge in [0.05, 0.1) is 27.9 Å². The monoisotopic (exact) mass is 574 g/mol. The van der Waals surface area contributed by atoms with E-state index in [1.807, 2.05) is 114 Å². The van der Waals surface area contributed by atoms with Gasteiger partial charge in [0.15, 0.2) is 5.78 Å². The number of hydrogen-bond donors (Lipinski definition) is 0. The van der Waals surface area contributed by atoms with Gasteiger partial charge < -0.3 is 9.47 Å². The van der Waals surface area contributed by atoms with Gasteiger partial charge in [-0.2, -0.15) is 0 Å². The molecule has 0 amide bonds. The Balaban J connectivity index is 0.000000181. The lowest BCUT2D eigenvalue weighted by molar-refractivity contribution is -0.152. The van der Waals surface area contributed by atoms with Gasteiger partial charge in [-0.3, -0.25) is 9.59 Å². The Bertz CT molecular complexity index is 1360. The number of aromatic nitrogens is 2. The quantitative estimate of drug-likeness (QED) is 0.162. The fourth-order valence-electron chi connectivity index (χ4n) is 4.11. The lowest BCUT2D eigenvalue weighted by Crippen LogP contribution is -2.18. The Morgan fingerprint density at radius 3 is 1.93 bits per heavy atom. The number of ketones is 1. The first kappa shape index (κ1) is 31.9. The molecule has 1 aliphatic carbocycles. The summed E-state index contributed by atoms with van der Waals surface area (Å²) < 4.78 is 11.0. The average molecular weight is 575 g/mol. The number of benzene rings is 2. The van der Waals surface area contributed by atoms with E-state index in [0.29, 0.717) is 5.88 Å². The maximum atomic E-state index is 11.3. The minimum absolute atomic E-state index is 0.0237. The normalized spacial score (nSPS) is 13.0. The molecule has 1 aliphatic rings. The average Bonchev–Trinajstić information content (AvgIpc) is 3.68. The highest BCUT2D eigenvalue weighted by molar-refractivity contribution is 7.13. The molecule has 6 nitrogen and oxygen atoms in total. The second-order valence-electron chi connectivity index (χ2n) is 10.9. The summed E-state index contributed by atoms with van der Waals surface area (Å²) in [5, 5.41) is 2.03. The predicted molar refractivity (Wildman–Crippen MR) is 167 cm³/mol. The summed E-state index contributed by atoms with van der Waals surface area (Å²) in [7, 11) is 0. The lowest BCUT2D eigenvalue weighted by Gasteiger charge is -2.12. The highest BCUT2D eigenvalue weighted by Crippen LogP contribution is 2.32. The Morgan fingerprint density at radius 2 is 1.39 bits per heavy atom. The summed E-state index contributed by atoms with van der Waals surface area (Å²) in [4.78, 5) is 32.8. The van der Waals surface area contributed by atoms with Crippen LogP contribution in [0.2, 0.25) is 0 Å². The second kappa shape index (κ2) is 16.0. The van der Waals surface area contributed by atoms with Crippen molar-refractivity contribution in [2.45, 2.75) is 79.4 Å². The van der Waals surface area contributed by atoms with Crippen LogP contribution in [0.3, 0.4) is 0 Å². The molecule has 2 aromatic heterocycles. The highest BCUT2D eigenvalue weighted by Gasteiger charge is 2.20. The van der Waals surface area contributed by atoms with Crippen LogP contribution in [-0.2, 0) is 9.53 Å². The number of Topliss-reactive ketones (excluding diaryl/α,β-unsaturated/α-hetero) is 1. The standard InChI is InChI=1S/C15H14N2OS.C10H12O.C9H16O2/c1-10(2)18-15-14(13-8-5-9-19-13)16-11-6-3-4-7-12(11)17-15;1-8(2)10(11)9-6-4-3-5-7-9;1-7(2)9(10)11-8-5-3-4-6-8/h3-10H,1-2H3;3-8H,1-2H3;7-8H,3-6H2,1-2H3. The molecule has 1 fully saturated rings. The number of ether oxygens (including phenoxy) is 2. The van der Waals surface area contributed by atoms with E-state index in [9.17, 15) is 9.59 Å². The van der Waals surface area contributed by atoms with E-state index in [2.05, 4.69) is 4.98 Å². The van der Waals surface area contributed by atoms with Crippen LogP contribution in [0.1, 0.15) is 77.6 Å². The fourth-order valence-corrected chi connectivity index (χ4v) is 4.81. The number of hydrogen-bond acceptors (Lipinski definition) is 7. The van der Waals surface area contributed by atoms with Crippen molar-refractivity contribution < 1.29 is 19.1 Å². The second-order valence-corrected chi connectivity index (χ2v) is 11.8. The Kier molecular flexibility index (Phi) is 12.5. The summed E-state index contributed by atoms with van der Waals surface area (Å²) in [6, 6.07) is 21.3. The molecule has 0 radical (unpaired) electrons. The van der Waals surface area contributed by atoms with Crippen molar-refractivity contribution in [3.63, 3.8) is 0 Å². The van der Waals surface area contributed by atoms with Gasteiger partial charge >= 0.3 is 5.97 Å². The Hall–Kier alpha value is -3.58. The van der Waals surface area contributed by atoms with Crippen molar-refractivity contribution >= 4 is 34.1 Å². The molecular weight excluding hydrogens is 532 g/mol. The van der Waals surface area contributed by atoms with Crippen LogP contribution in [0, 0.1) is 11.8 Å². The number of carbonyl (C=O) groups is 2. The zero-order valence-corrected chi connectivity index (χ0v) is 25.8. The maximum absolute atomic E-state index is 11.3. The number of carbonyl (C=O) groups excluding carboxylic acids is 2. The number of nitrogens with zero attached hydrogens (tertiary/aromatic N) is 2. The fraction of sp³-hybridized carbons (Fsp3) is 0.412. The number of para-hydroxylation sites is 2. The van der Waals surface area contributed by atoms with E-state index in [1.54, 1.807) is 11.3 Å². The summed E-state index contributed by atoms with van der Waals surface area (Å²) >= 11 is 1.64. The molecule has 0 saturated heterocycles. The van der Waals surface area contributed by atoms with Crippen LogP contribution in [0.25, 0.3) is 21.6 Å².